The lowest BCUT2D eigenvalue weighted by atomic mass is 10.1. The zero-order valence-corrected chi connectivity index (χ0v) is 18.4. The van der Waals surface area contributed by atoms with E-state index in [4.69, 9.17) is 28.6 Å². The fraction of sp³-hybridized carbons (Fsp3) is 0.333. The van der Waals surface area contributed by atoms with Crippen molar-refractivity contribution in [3.05, 3.63) is 52.5 Å². The number of ether oxygens (including phenoxy) is 1. The van der Waals surface area contributed by atoms with Crippen LogP contribution in [0, 0.1) is 6.92 Å². The molecule has 8 heteroatoms. The number of methoxy groups -OCH3 is 1. The van der Waals surface area contributed by atoms with Crippen molar-refractivity contribution in [3.8, 4) is 5.75 Å². The van der Waals surface area contributed by atoms with Gasteiger partial charge < -0.3 is 19.9 Å². The van der Waals surface area contributed by atoms with E-state index < -0.39 is 0 Å². The average Bonchev–Trinajstić information content (AvgIpc) is 2.68. The van der Waals surface area contributed by atoms with Crippen molar-refractivity contribution in [2.45, 2.75) is 6.92 Å². The van der Waals surface area contributed by atoms with Crippen molar-refractivity contribution in [1.82, 2.24) is 10.2 Å². The Bertz CT molecular complexity index is 914. The molecule has 2 N–H and O–H groups in total. The molecule has 1 aliphatic rings. The number of carbonyl (C=O) groups excluding carboxylic acids is 1. The number of aryl methyl sites for hydroxylation is 1. The van der Waals surface area contributed by atoms with Gasteiger partial charge in [-0.05, 0) is 56.0 Å². The van der Waals surface area contributed by atoms with Crippen LogP contribution in [0.3, 0.4) is 0 Å². The smallest absolute Gasteiger partial charge is 0.261 e. The third-order valence-corrected chi connectivity index (χ3v) is 5.44. The molecule has 0 aliphatic carbocycles. The second kappa shape index (κ2) is 9.43. The van der Waals surface area contributed by atoms with E-state index in [1.165, 1.54) is 0 Å². The number of amides is 1. The van der Waals surface area contributed by atoms with E-state index in [-0.39, 0.29) is 11.0 Å². The van der Waals surface area contributed by atoms with Gasteiger partial charge in [-0.15, -0.1) is 0 Å². The number of halogens is 1. The Balaban J connectivity index is 1.64. The minimum Gasteiger partial charge on any atom is -0.496 e. The molecule has 0 unspecified atom stereocenters. The Morgan fingerprint density at radius 1 is 1.17 bits per heavy atom. The molecule has 1 fully saturated rings. The summed E-state index contributed by atoms with van der Waals surface area (Å²) in [5.41, 5.74) is 3.03. The number of hydrogen-bond acceptors (Lipinski definition) is 5. The number of anilines is 2. The van der Waals surface area contributed by atoms with Gasteiger partial charge in [0.2, 0.25) is 0 Å². The maximum Gasteiger partial charge on any atom is 0.261 e. The molecule has 0 bridgehead atoms. The zero-order chi connectivity index (χ0) is 21.0. The second-order valence-electron chi connectivity index (χ2n) is 7.02. The van der Waals surface area contributed by atoms with Crippen LogP contribution >= 0.6 is 23.8 Å². The zero-order valence-electron chi connectivity index (χ0n) is 16.8. The normalized spacial score (nSPS) is 14.4. The maximum absolute atomic E-state index is 12.6. The number of piperazine rings is 1. The van der Waals surface area contributed by atoms with Crippen molar-refractivity contribution < 1.29 is 9.53 Å². The number of thiocarbonyl (C=S) groups is 1. The van der Waals surface area contributed by atoms with Crippen LogP contribution in [-0.4, -0.2) is 56.3 Å². The van der Waals surface area contributed by atoms with Gasteiger partial charge in [-0.1, -0.05) is 23.7 Å². The van der Waals surface area contributed by atoms with E-state index in [9.17, 15) is 4.79 Å². The molecule has 1 amide bonds. The lowest BCUT2D eigenvalue weighted by Crippen LogP contribution is -2.44. The van der Waals surface area contributed by atoms with Gasteiger partial charge in [0.15, 0.2) is 5.11 Å². The van der Waals surface area contributed by atoms with Crippen LogP contribution in [0.1, 0.15) is 15.9 Å². The largest absolute Gasteiger partial charge is 0.496 e. The summed E-state index contributed by atoms with van der Waals surface area (Å²) in [6, 6.07) is 11.1. The van der Waals surface area contributed by atoms with Gasteiger partial charge in [-0.25, -0.2) is 0 Å². The van der Waals surface area contributed by atoms with E-state index in [0.717, 1.165) is 43.1 Å². The molecule has 0 atom stereocenters. The van der Waals surface area contributed by atoms with E-state index in [0.29, 0.717) is 16.3 Å². The molecule has 29 heavy (non-hydrogen) atoms. The van der Waals surface area contributed by atoms with Crippen molar-refractivity contribution >= 4 is 46.2 Å². The van der Waals surface area contributed by atoms with Gasteiger partial charge in [0, 0.05) is 31.9 Å². The Morgan fingerprint density at radius 2 is 1.90 bits per heavy atom. The first-order chi connectivity index (χ1) is 13.9. The van der Waals surface area contributed by atoms with Crippen LogP contribution in [0.5, 0.6) is 5.75 Å². The van der Waals surface area contributed by atoms with Gasteiger partial charge >= 0.3 is 0 Å². The molecule has 1 aliphatic heterocycles. The molecule has 0 aromatic heterocycles. The first kappa shape index (κ1) is 21.4. The summed E-state index contributed by atoms with van der Waals surface area (Å²) in [6.07, 6.45) is 0. The summed E-state index contributed by atoms with van der Waals surface area (Å²) < 4.78 is 5.34. The van der Waals surface area contributed by atoms with Crippen LogP contribution in [0.2, 0.25) is 5.02 Å². The first-order valence-corrected chi connectivity index (χ1v) is 10.2. The quantitative estimate of drug-likeness (QED) is 0.721. The van der Waals surface area contributed by atoms with Gasteiger partial charge in [0.1, 0.15) is 5.75 Å². The average molecular weight is 433 g/mol. The Labute approximate surface area is 181 Å². The van der Waals surface area contributed by atoms with Crippen LogP contribution < -0.4 is 20.3 Å². The predicted octanol–water partition coefficient (Wildman–Crippen LogP) is 3.54. The topological polar surface area (TPSA) is 56.8 Å². The highest BCUT2D eigenvalue weighted by atomic mass is 35.5. The number of likely N-dealkylation sites (N-methyl/N-ethyl adjacent to an activating group) is 1. The third-order valence-electron chi connectivity index (χ3n) is 4.94. The van der Waals surface area contributed by atoms with Crippen LogP contribution in [0.25, 0.3) is 0 Å². The van der Waals surface area contributed by atoms with Gasteiger partial charge in [-0.3, -0.25) is 10.1 Å². The number of nitrogens with zero attached hydrogens (tertiary/aromatic N) is 2. The molecule has 3 rings (SSSR count). The number of carbonyl (C=O) groups is 1. The lowest BCUT2D eigenvalue weighted by Gasteiger charge is -2.34. The summed E-state index contributed by atoms with van der Waals surface area (Å²) in [6.45, 7) is 5.78. The maximum atomic E-state index is 12.6. The second-order valence-corrected chi connectivity index (χ2v) is 7.84. The highest BCUT2D eigenvalue weighted by Gasteiger charge is 2.18. The number of rotatable bonds is 4. The lowest BCUT2D eigenvalue weighted by molar-refractivity contribution is 0.0974. The van der Waals surface area contributed by atoms with E-state index in [2.05, 4.69) is 27.5 Å². The summed E-state index contributed by atoms with van der Waals surface area (Å²) in [5, 5.41) is 6.56. The van der Waals surface area contributed by atoms with E-state index in [1.54, 1.807) is 19.2 Å². The standard InChI is InChI=1S/C21H25ClN4O2S/c1-14-5-4-6-16(19(14)28-3)20(27)24-21(29)23-15-7-8-18(17(22)13-15)26-11-9-25(2)10-12-26/h4-8,13H,9-12H2,1-3H3,(H2,23,24,27,29). The van der Waals surface area contributed by atoms with E-state index in [1.807, 2.05) is 31.2 Å². The third kappa shape index (κ3) is 5.18. The minimum atomic E-state index is -0.330. The van der Waals surface area contributed by atoms with Crippen molar-refractivity contribution in [2.24, 2.45) is 0 Å². The number of nitrogens with one attached hydrogen (secondary N) is 2. The van der Waals surface area contributed by atoms with Gasteiger partial charge in [0.05, 0.1) is 23.4 Å². The molecule has 0 saturated carbocycles. The molecule has 1 heterocycles. The highest BCUT2D eigenvalue weighted by Crippen LogP contribution is 2.29. The number of benzene rings is 2. The summed E-state index contributed by atoms with van der Waals surface area (Å²) in [5.74, 6) is 0.204. The van der Waals surface area contributed by atoms with Crippen LogP contribution in [-0.2, 0) is 0 Å². The fourth-order valence-corrected chi connectivity index (χ4v) is 3.83. The molecule has 6 nitrogen and oxygen atoms in total. The highest BCUT2D eigenvalue weighted by molar-refractivity contribution is 7.80. The molecular formula is C21H25ClN4O2S. The summed E-state index contributed by atoms with van der Waals surface area (Å²) >= 11 is 11.8. The molecule has 0 spiro atoms. The Morgan fingerprint density at radius 3 is 2.55 bits per heavy atom. The van der Waals surface area contributed by atoms with Crippen molar-refractivity contribution in [2.75, 3.05) is 50.6 Å². The summed E-state index contributed by atoms with van der Waals surface area (Å²) in [4.78, 5) is 17.1. The minimum absolute atomic E-state index is 0.196. The van der Waals surface area contributed by atoms with E-state index >= 15 is 0 Å². The first-order valence-electron chi connectivity index (χ1n) is 9.38. The number of hydrogen-bond donors (Lipinski definition) is 2. The van der Waals surface area contributed by atoms with Crippen LogP contribution in [0.4, 0.5) is 11.4 Å². The molecule has 1 saturated heterocycles. The SMILES string of the molecule is COc1c(C)cccc1C(=O)NC(=S)Nc1ccc(N2CCN(C)CC2)c(Cl)c1. The molecule has 2 aromatic rings. The predicted molar refractivity (Wildman–Crippen MR) is 123 cm³/mol. The summed E-state index contributed by atoms with van der Waals surface area (Å²) in [7, 11) is 3.66. The number of para-hydroxylation sites is 1. The monoisotopic (exact) mass is 432 g/mol. The Kier molecular flexibility index (Phi) is 6.95. The Hall–Kier alpha value is -2.35. The van der Waals surface area contributed by atoms with Crippen LogP contribution in [0.15, 0.2) is 36.4 Å². The molecule has 154 valence electrons. The van der Waals surface area contributed by atoms with Crippen molar-refractivity contribution in [3.63, 3.8) is 0 Å². The molecule has 0 radical (unpaired) electrons. The fourth-order valence-electron chi connectivity index (χ4n) is 3.32. The molecule has 2 aromatic carbocycles. The van der Waals surface area contributed by atoms with Gasteiger partial charge in [-0.2, -0.15) is 0 Å². The van der Waals surface area contributed by atoms with Crippen molar-refractivity contribution in [1.29, 1.82) is 0 Å². The molecular weight excluding hydrogens is 408 g/mol. The van der Waals surface area contributed by atoms with Gasteiger partial charge in [0.25, 0.3) is 5.91 Å².